The average molecular weight is 449 g/mol. The summed E-state index contributed by atoms with van der Waals surface area (Å²) in [5.74, 6) is -0.404. The maximum atomic E-state index is 12.1. The Morgan fingerprint density at radius 1 is 0.875 bits per heavy atom. The molecule has 1 amide bonds. The number of nitrogens with two attached hydrogens (primary N) is 1. The van der Waals surface area contributed by atoms with Crippen LogP contribution < -0.4 is 15.5 Å². The predicted molar refractivity (Wildman–Crippen MR) is 133 cm³/mol. The number of halogens is 1. The van der Waals surface area contributed by atoms with Gasteiger partial charge >= 0.3 is 0 Å². The molecule has 1 fully saturated rings. The second-order valence-electron chi connectivity index (χ2n) is 8.09. The van der Waals surface area contributed by atoms with Gasteiger partial charge in [-0.1, -0.05) is 54.1 Å². The summed E-state index contributed by atoms with van der Waals surface area (Å²) in [5.41, 5.74) is 9.53. The highest BCUT2D eigenvalue weighted by molar-refractivity contribution is 6.30. The van der Waals surface area contributed by atoms with E-state index >= 15 is 0 Å². The fraction of sp³-hybridized carbons (Fsp3) is 0.269. The van der Waals surface area contributed by atoms with Crippen molar-refractivity contribution in [1.29, 1.82) is 0 Å². The minimum Gasteiger partial charge on any atom is -0.369 e. The van der Waals surface area contributed by atoms with Gasteiger partial charge in [0.15, 0.2) is 0 Å². The quantitative estimate of drug-likeness (QED) is 0.559. The molecule has 1 aliphatic heterocycles. The number of carbonyl (C=O) groups excluding carboxylic acids is 1. The van der Waals surface area contributed by atoms with E-state index in [1.807, 2.05) is 42.5 Å². The lowest BCUT2D eigenvalue weighted by atomic mass is 10.1. The van der Waals surface area contributed by atoms with Gasteiger partial charge in [0.05, 0.1) is 5.56 Å². The Hall–Kier alpha value is -3.02. The first-order valence-corrected chi connectivity index (χ1v) is 11.4. The molecule has 2 N–H and O–H groups in total. The summed E-state index contributed by atoms with van der Waals surface area (Å²) in [6.45, 7) is 6.47. The van der Waals surface area contributed by atoms with Crippen molar-refractivity contribution in [2.45, 2.75) is 6.54 Å². The van der Waals surface area contributed by atoms with Crippen molar-refractivity contribution in [2.24, 2.45) is 5.73 Å². The highest BCUT2D eigenvalue weighted by Gasteiger charge is 2.20. The molecule has 0 radical (unpaired) electrons. The standard InChI is InChI=1S/C26H29ClN4O/c27-22-12-10-21(11-13-22)20-31(25-9-5-4-8-24(25)26(28)32)19-16-29-14-17-30(18-15-29)23-6-2-1-3-7-23/h1-13H,14-20H2,(H2,28,32). The molecular weight excluding hydrogens is 420 g/mol. The number of carbonyl (C=O) groups is 1. The lowest BCUT2D eigenvalue weighted by Crippen LogP contribution is -2.48. The van der Waals surface area contributed by atoms with Crippen LogP contribution in [0.15, 0.2) is 78.9 Å². The third-order valence-electron chi connectivity index (χ3n) is 5.98. The molecule has 1 aliphatic rings. The summed E-state index contributed by atoms with van der Waals surface area (Å²) in [6, 6.07) is 26.0. The molecule has 0 atom stereocenters. The molecule has 0 saturated carbocycles. The van der Waals surface area contributed by atoms with E-state index in [2.05, 4.69) is 45.0 Å². The highest BCUT2D eigenvalue weighted by atomic mass is 35.5. The number of piperazine rings is 1. The molecule has 166 valence electrons. The van der Waals surface area contributed by atoms with Crippen LogP contribution in [0.2, 0.25) is 5.02 Å². The van der Waals surface area contributed by atoms with E-state index in [-0.39, 0.29) is 0 Å². The first kappa shape index (κ1) is 22.2. The Morgan fingerprint density at radius 3 is 2.22 bits per heavy atom. The van der Waals surface area contributed by atoms with Gasteiger partial charge in [-0.25, -0.2) is 0 Å². The largest absolute Gasteiger partial charge is 0.369 e. The van der Waals surface area contributed by atoms with Crippen molar-refractivity contribution in [1.82, 2.24) is 4.90 Å². The summed E-state index contributed by atoms with van der Waals surface area (Å²) in [6.07, 6.45) is 0. The Bertz CT molecular complexity index is 1020. The van der Waals surface area contributed by atoms with E-state index in [1.165, 1.54) is 5.69 Å². The van der Waals surface area contributed by atoms with Crippen molar-refractivity contribution in [2.75, 3.05) is 49.1 Å². The summed E-state index contributed by atoms with van der Waals surface area (Å²) < 4.78 is 0. The smallest absolute Gasteiger partial charge is 0.250 e. The van der Waals surface area contributed by atoms with E-state index in [4.69, 9.17) is 17.3 Å². The molecule has 1 heterocycles. The van der Waals surface area contributed by atoms with E-state index in [1.54, 1.807) is 6.07 Å². The monoisotopic (exact) mass is 448 g/mol. The lowest BCUT2D eigenvalue weighted by Gasteiger charge is -2.37. The number of benzene rings is 3. The normalized spacial score (nSPS) is 14.3. The van der Waals surface area contributed by atoms with Crippen LogP contribution >= 0.6 is 11.6 Å². The maximum Gasteiger partial charge on any atom is 0.250 e. The summed E-state index contributed by atoms with van der Waals surface area (Å²) in [4.78, 5) is 19.2. The summed E-state index contributed by atoms with van der Waals surface area (Å²) >= 11 is 6.07. The molecule has 4 rings (SSSR count). The second kappa shape index (κ2) is 10.5. The van der Waals surface area contributed by atoms with Crippen LogP contribution in [0.3, 0.4) is 0 Å². The molecule has 6 heteroatoms. The lowest BCUT2D eigenvalue weighted by molar-refractivity contribution is 0.100. The molecule has 5 nitrogen and oxygen atoms in total. The highest BCUT2D eigenvalue weighted by Crippen LogP contribution is 2.23. The van der Waals surface area contributed by atoms with E-state index in [9.17, 15) is 4.79 Å². The Balaban J connectivity index is 1.44. The van der Waals surface area contributed by atoms with Gasteiger partial charge in [0.25, 0.3) is 5.91 Å². The van der Waals surface area contributed by atoms with Gasteiger partial charge in [0.1, 0.15) is 0 Å². The molecule has 1 saturated heterocycles. The molecular formula is C26H29ClN4O. The second-order valence-corrected chi connectivity index (χ2v) is 8.53. The van der Waals surface area contributed by atoms with Crippen LogP contribution in [0.25, 0.3) is 0 Å². The number of para-hydroxylation sites is 2. The Labute approximate surface area is 195 Å². The van der Waals surface area contributed by atoms with Gasteiger partial charge in [-0.2, -0.15) is 0 Å². The molecule has 0 bridgehead atoms. The molecule has 3 aromatic carbocycles. The van der Waals surface area contributed by atoms with Crippen LogP contribution in [0.4, 0.5) is 11.4 Å². The van der Waals surface area contributed by atoms with Crippen LogP contribution in [-0.4, -0.2) is 50.1 Å². The third-order valence-corrected chi connectivity index (χ3v) is 6.23. The van der Waals surface area contributed by atoms with Crippen LogP contribution in [0.1, 0.15) is 15.9 Å². The van der Waals surface area contributed by atoms with Crippen LogP contribution in [0.5, 0.6) is 0 Å². The van der Waals surface area contributed by atoms with Gasteiger partial charge in [-0.05, 0) is 42.0 Å². The average Bonchev–Trinajstić information content (AvgIpc) is 2.84. The fourth-order valence-corrected chi connectivity index (χ4v) is 4.31. The Kier molecular flexibility index (Phi) is 7.30. The van der Waals surface area contributed by atoms with Crippen molar-refractivity contribution < 1.29 is 4.79 Å². The van der Waals surface area contributed by atoms with E-state index in [0.29, 0.717) is 17.1 Å². The number of amides is 1. The number of primary amides is 1. The van der Waals surface area contributed by atoms with Crippen LogP contribution in [-0.2, 0) is 6.54 Å². The zero-order chi connectivity index (χ0) is 22.3. The maximum absolute atomic E-state index is 12.1. The Morgan fingerprint density at radius 2 is 1.53 bits per heavy atom. The number of hydrogen-bond acceptors (Lipinski definition) is 4. The van der Waals surface area contributed by atoms with Gasteiger partial charge in [-0.15, -0.1) is 0 Å². The third kappa shape index (κ3) is 5.61. The number of nitrogens with zero attached hydrogens (tertiary/aromatic N) is 3. The van der Waals surface area contributed by atoms with Crippen LogP contribution in [0, 0.1) is 0 Å². The van der Waals surface area contributed by atoms with Crippen molar-refractivity contribution in [3.05, 3.63) is 95.0 Å². The van der Waals surface area contributed by atoms with E-state index < -0.39 is 5.91 Å². The minimum atomic E-state index is -0.404. The predicted octanol–water partition coefficient (Wildman–Crippen LogP) is 4.27. The van der Waals surface area contributed by atoms with E-state index in [0.717, 1.165) is 50.5 Å². The number of hydrogen-bond donors (Lipinski definition) is 1. The SMILES string of the molecule is NC(=O)c1ccccc1N(CCN1CCN(c2ccccc2)CC1)Cc1ccc(Cl)cc1. The minimum absolute atomic E-state index is 0.404. The first-order chi connectivity index (χ1) is 15.6. The number of anilines is 2. The zero-order valence-corrected chi connectivity index (χ0v) is 18.9. The van der Waals surface area contributed by atoms with Gasteiger partial charge < -0.3 is 15.5 Å². The molecule has 0 unspecified atom stereocenters. The molecule has 32 heavy (non-hydrogen) atoms. The van der Waals surface area contributed by atoms with Crippen molar-refractivity contribution in [3.8, 4) is 0 Å². The van der Waals surface area contributed by atoms with Crippen molar-refractivity contribution >= 4 is 28.9 Å². The van der Waals surface area contributed by atoms with Gasteiger partial charge in [0, 0.05) is 62.2 Å². The zero-order valence-electron chi connectivity index (χ0n) is 18.2. The van der Waals surface area contributed by atoms with Gasteiger partial charge in [-0.3, -0.25) is 9.69 Å². The molecule has 0 aromatic heterocycles. The fourth-order valence-electron chi connectivity index (χ4n) is 4.18. The molecule has 0 aliphatic carbocycles. The summed E-state index contributed by atoms with van der Waals surface area (Å²) in [7, 11) is 0. The number of rotatable bonds is 8. The molecule has 0 spiro atoms. The topological polar surface area (TPSA) is 52.8 Å². The van der Waals surface area contributed by atoms with Gasteiger partial charge in [0.2, 0.25) is 0 Å². The first-order valence-electron chi connectivity index (χ1n) is 11.0. The van der Waals surface area contributed by atoms with Crippen molar-refractivity contribution in [3.63, 3.8) is 0 Å². The summed E-state index contributed by atoms with van der Waals surface area (Å²) in [5, 5.41) is 0.717. The molecule has 3 aromatic rings.